The highest BCUT2D eigenvalue weighted by molar-refractivity contribution is 6.30. The Kier molecular flexibility index (Phi) is 4.48. The van der Waals surface area contributed by atoms with Gasteiger partial charge in [0.25, 0.3) is 0 Å². The van der Waals surface area contributed by atoms with Crippen LogP contribution in [-0.4, -0.2) is 14.1 Å². The van der Waals surface area contributed by atoms with E-state index in [0.29, 0.717) is 0 Å². The maximum atomic E-state index is 6.11. The predicted octanol–water partition coefficient (Wildman–Crippen LogP) is 6.05. The van der Waals surface area contributed by atoms with Gasteiger partial charge in [0.15, 0.2) is 0 Å². The number of fused-ring (bicyclic) bond motifs is 1. The maximum Gasteiger partial charge on any atom is 0.0946 e. The van der Waals surface area contributed by atoms with Crippen LogP contribution in [0.5, 0.6) is 0 Å². The molecule has 3 nitrogen and oxygen atoms in total. The fourth-order valence-electron chi connectivity index (χ4n) is 4.87. The summed E-state index contributed by atoms with van der Waals surface area (Å²) in [6, 6.07) is 19.4. The first-order chi connectivity index (χ1) is 13.7. The van der Waals surface area contributed by atoms with E-state index in [1.807, 2.05) is 24.7 Å². The normalized spacial score (nSPS) is 16.0. The Morgan fingerprint density at radius 3 is 2.54 bits per heavy atom. The Morgan fingerprint density at radius 1 is 1.00 bits per heavy atom. The van der Waals surface area contributed by atoms with Crippen LogP contribution in [0.25, 0.3) is 10.9 Å². The lowest BCUT2D eigenvalue weighted by Gasteiger charge is -2.31. The van der Waals surface area contributed by atoms with Crippen LogP contribution >= 0.6 is 11.6 Å². The van der Waals surface area contributed by atoms with Crippen molar-refractivity contribution in [2.75, 3.05) is 0 Å². The number of benzene rings is 2. The highest BCUT2D eigenvalue weighted by Gasteiger charge is 2.38. The fraction of sp³-hybridized carbons (Fsp3) is 0.292. The van der Waals surface area contributed by atoms with Gasteiger partial charge in [-0.1, -0.05) is 54.8 Å². The monoisotopic (exact) mass is 389 g/mol. The number of hydrogen-bond donors (Lipinski definition) is 0. The number of nitrogens with zero attached hydrogens (tertiary/aromatic N) is 3. The van der Waals surface area contributed by atoms with Crippen LogP contribution in [0.15, 0.2) is 73.3 Å². The smallest absolute Gasteiger partial charge is 0.0946 e. The molecule has 0 spiro atoms. The van der Waals surface area contributed by atoms with Crippen molar-refractivity contribution in [3.05, 3.63) is 89.6 Å². The minimum Gasteiger partial charge on any atom is -0.340 e. The van der Waals surface area contributed by atoms with Gasteiger partial charge in [-0.05, 0) is 48.1 Å². The summed E-state index contributed by atoms with van der Waals surface area (Å²) in [7, 11) is 0. The van der Waals surface area contributed by atoms with Crippen LogP contribution in [0.4, 0.5) is 0 Å². The summed E-state index contributed by atoms with van der Waals surface area (Å²) < 4.78 is 4.77. The van der Waals surface area contributed by atoms with Crippen molar-refractivity contribution < 1.29 is 0 Å². The fourth-order valence-corrected chi connectivity index (χ4v) is 5.00. The van der Waals surface area contributed by atoms with E-state index in [2.05, 4.69) is 62.8 Å². The molecule has 4 heteroatoms. The third-order valence-corrected chi connectivity index (χ3v) is 6.46. The number of rotatable bonds is 5. The van der Waals surface area contributed by atoms with Crippen LogP contribution in [0.3, 0.4) is 0 Å². The van der Waals surface area contributed by atoms with Crippen molar-refractivity contribution in [3.8, 4) is 0 Å². The molecular weight excluding hydrogens is 366 g/mol. The molecule has 1 fully saturated rings. The van der Waals surface area contributed by atoms with Gasteiger partial charge < -0.3 is 9.13 Å². The molecule has 1 aliphatic carbocycles. The summed E-state index contributed by atoms with van der Waals surface area (Å²) in [6.07, 6.45) is 10.9. The van der Waals surface area contributed by atoms with Crippen molar-refractivity contribution in [3.63, 3.8) is 0 Å². The van der Waals surface area contributed by atoms with Crippen LogP contribution in [-0.2, 0) is 18.5 Å². The molecule has 0 N–H and O–H groups in total. The molecule has 0 atom stereocenters. The standard InChI is InChI=1S/C24H24ClN3/c25-21-9-7-19(8-10-21)16-28-22-6-2-1-5-20(22)15-23(28)24(11-3-4-12-24)17-27-14-13-26-18-27/h1-2,5-10,13-15,18H,3-4,11-12,16-17H2. The quantitative estimate of drug-likeness (QED) is 0.407. The predicted molar refractivity (Wildman–Crippen MR) is 115 cm³/mol. The van der Waals surface area contributed by atoms with Gasteiger partial charge in [0.05, 0.1) is 6.33 Å². The van der Waals surface area contributed by atoms with Crippen LogP contribution in [0.2, 0.25) is 5.02 Å². The molecular formula is C24H24ClN3. The van der Waals surface area contributed by atoms with Crippen molar-refractivity contribution >= 4 is 22.5 Å². The first kappa shape index (κ1) is 17.6. The third-order valence-electron chi connectivity index (χ3n) is 6.21. The number of aromatic nitrogens is 3. The molecule has 142 valence electrons. The van der Waals surface area contributed by atoms with Gasteiger partial charge in [-0.15, -0.1) is 0 Å². The molecule has 1 saturated carbocycles. The van der Waals surface area contributed by atoms with Crippen LogP contribution in [0, 0.1) is 0 Å². The molecule has 0 saturated heterocycles. The molecule has 2 aromatic carbocycles. The van der Waals surface area contributed by atoms with Gasteiger partial charge in [0.2, 0.25) is 0 Å². The number of hydrogen-bond acceptors (Lipinski definition) is 1. The average molecular weight is 390 g/mol. The summed E-state index contributed by atoms with van der Waals surface area (Å²) in [5, 5.41) is 2.11. The van der Waals surface area contributed by atoms with Gasteiger partial charge in [-0.3, -0.25) is 0 Å². The van der Waals surface area contributed by atoms with Crippen LogP contribution < -0.4 is 0 Å². The summed E-state index contributed by atoms with van der Waals surface area (Å²) >= 11 is 6.11. The summed E-state index contributed by atoms with van der Waals surface area (Å²) in [4.78, 5) is 4.27. The second-order valence-corrected chi connectivity index (χ2v) is 8.46. The zero-order valence-electron chi connectivity index (χ0n) is 15.9. The number of para-hydroxylation sites is 1. The molecule has 0 unspecified atom stereocenters. The molecule has 2 aromatic heterocycles. The van der Waals surface area contributed by atoms with Gasteiger partial charge in [-0.2, -0.15) is 0 Å². The van der Waals surface area contributed by atoms with Gasteiger partial charge in [0, 0.05) is 47.1 Å². The summed E-state index contributed by atoms with van der Waals surface area (Å²) in [6.45, 7) is 1.86. The first-order valence-corrected chi connectivity index (χ1v) is 10.4. The SMILES string of the molecule is Clc1ccc(Cn2c(C3(Cn4ccnc4)CCCC3)cc3ccccc32)cc1. The second kappa shape index (κ2) is 7.14. The Hall–Kier alpha value is -2.52. The maximum absolute atomic E-state index is 6.11. The first-order valence-electron chi connectivity index (χ1n) is 10.0. The Balaban J connectivity index is 1.64. The molecule has 5 rings (SSSR count). The second-order valence-electron chi connectivity index (χ2n) is 8.02. The van der Waals surface area contributed by atoms with Gasteiger partial charge >= 0.3 is 0 Å². The minimum atomic E-state index is 0.159. The molecule has 0 aliphatic heterocycles. The molecule has 0 bridgehead atoms. The van der Waals surface area contributed by atoms with E-state index in [1.54, 1.807) is 0 Å². The Labute approximate surface area is 170 Å². The molecule has 0 amide bonds. The Bertz CT molecular complexity index is 1070. The lowest BCUT2D eigenvalue weighted by molar-refractivity contribution is 0.351. The van der Waals surface area contributed by atoms with E-state index in [0.717, 1.165) is 18.1 Å². The average Bonchev–Trinajstić information content (AvgIpc) is 3.45. The van der Waals surface area contributed by atoms with Crippen molar-refractivity contribution in [1.29, 1.82) is 0 Å². The van der Waals surface area contributed by atoms with Crippen molar-refractivity contribution in [2.24, 2.45) is 0 Å². The van der Waals surface area contributed by atoms with E-state index < -0.39 is 0 Å². The van der Waals surface area contributed by atoms with E-state index >= 15 is 0 Å². The van der Waals surface area contributed by atoms with E-state index in [9.17, 15) is 0 Å². The number of imidazole rings is 1. The van der Waals surface area contributed by atoms with E-state index in [4.69, 9.17) is 11.6 Å². The van der Waals surface area contributed by atoms with Crippen molar-refractivity contribution in [1.82, 2.24) is 14.1 Å². The van der Waals surface area contributed by atoms with E-state index in [1.165, 1.54) is 47.8 Å². The van der Waals surface area contributed by atoms with Crippen LogP contribution in [0.1, 0.15) is 36.9 Å². The summed E-state index contributed by atoms with van der Waals surface area (Å²) in [5.74, 6) is 0. The molecule has 28 heavy (non-hydrogen) atoms. The molecule has 0 radical (unpaired) electrons. The van der Waals surface area contributed by atoms with Gasteiger partial charge in [0.1, 0.15) is 0 Å². The molecule has 4 aromatic rings. The zero-order chi connectivity index (χ0) is 19.0. The highest BCUT2D eigenvalue weighted by Crippen LogP contribution is 2.44. The number of halogens is 1. The lowest BCUT2D eigenvalue weighted by Crippen LogP contribution is -2.31. The summed E-state index contributed by atoms with van der Waals surface area (Å²) in [5.41, 5.74) is 4.20. The third kappa shape index (κ3) is 3.14. The largest absolute Gasteiger partial charge is 0.340 e. The highest BCUT2D eigenvalue weighted by atomic mass is 35.5. The minimum absolute atomic E-state index is 0.159. The Morgan fingerprint density at radius 2 is 1.79 bits per heavy atom. The van der Waals surface area contributed by atoms with Gasteiger partial charge in [-0.25, -0.2) is 4.98 Å². The van der Waals surface area contributed by atoms with Crippen molar-refractivity contribution in [2.45, 2.75) is 44.2 Å². The zero-order valence-corrected chi connectivity index (χ0v) is 16.6. The molecule has 2 heterocycles. The lowest BCUT2D eigenvalue weighted by atomic mass is 9.82. The topological polar surface area (TPSA) is 22.8 Å². The van der Waals surface area contributed by atoms with E-state index in [-0.39, 0.29) is 5.41 Å². The molecule has 1 aliphatic rings.